The Labute approximate surface area is 292 Å². The van der Waals surface area contributed by atoms with E-state index in [0.29, 0.717) is 46.2 Å². The minimum absolute atomic E-state index is 0.119. The molecule has 1 unspecified atom stereocenters. The molecule has 0 amide bonds. The van der Waals surface area contributed by atoms with Crippen LogP contribution in [-0.2, 0) is 20.6 Å². The van der Waals surface area contributed by atoms with Crippen LogP contribution >= 0.6 is 22.9 Å². The molecule has 2 atom stereocenters. The van der Waals surface area contributed by atoms with Crippen molar-refractivity contribution < 1.29 is 33.7 Å². The Hall–Kier alpha value is -5.42. The number of benzene rings is 1. The van der Waals surface area contributed by atoms with Crippen LogP contribution in [0.5, 0.6) is 0 Å². The first-order chi connectivity index (χ1) is 24.2. The maximum absolute atomic E-state index is 13.6. The molecule has 1 saturated carbocycles. The molecule has 0 spiro atoms. The molecule has 1 aromatic carbocycles. The molecule has 0 saturated heterocycles. The maximum Gasteiger partial charge on any atom is 0.511 e. The molecule has 1 fully saturated rings. The lowest BCUT2D eigenvalue weighted by molar-refractivity contribution is -0.0912. The van der Waals surface area contributed by atoms with E-state index in [1.54, 1.807) is 23.6 Å². The zero-order valence-corrected chi connectivity index (χ0v) is 28.0. The van der Waals surface area contributed by atoms with E-state index in [4.69, 9.17) is 30.8 Å². The van der Waals surface area contributed by atoms with E-state index in [1.807, 2.05) is 0 Å². The molecule has 50 heavy (non-hydrogen) atoms. The van der Waals surface area contributed by atoms with E-state index < -0.39 is 36.1 Å². The molecule has 1 aliphatic heterocycles. The van der Waals surface area contributed by atoms with E-state index in [9.17, 15) is 24.3 Å². The van der Waals surface area contributed by atoms with Crippen molar-refractivity contribution in [1.29, 1.82) is 0 Å². The molecular weight excluding hydrogens is 692 g/mol. The van der Waals surface area contributed by atoms with Crippen molar-refractivity contribution >= 4 is 41.2 Å². The zero-order chi connectivity index (χ0) is 34.9. The largest absolute Gasteiger partial charge is 0.511 e. The third kappa shape index (κ3) is 6.60. The molecule has 258 valence electrons. The van der Waals surface area contributed by atoms with E-state index in [2.05, 4.69) is 20.5 Å². The average molecular weight is 721 g/mol. The molecule has 2 aliphatic rings. The zero-order valence-electron chi connectivity index (χ0n) is 26.5. The standard InChI is InChI=1S/C32H29ClN8O8S/c1-17(48-32(46)49-20-5-3-2-4-6-20)47-30(43)26-11-18(15-50-26)25-14-34-29(41(25)31(44)45)24-9-10-27-36-22(13-28(42)40(24)27)21-12-19(33)7-8-23(21)39-16-35-37-38-39/h7-8,11-17,20,24H,2-6,9-10H2,1H3,(H,44,45)/t17?,24-/m0/s1. The van der Waals surface area contributed by atoms with Gasteiger partial charge in [-0.25, -0.2) is 28.9 Å². The van der Waals surface area contributed by atoms with Crippen molar-refractivity contribution in [2.45, 2.75) is 70.3 Å². The van der Waals surface area contributed by atoms with Crippen molar-refractivity contribution in [2.75, 3.05) is 0 Å². The predicted molar refractivity (Wildman–Crippen MR) is 176 cm³/mol. The highest BCUT2D eigenvalue weighted by Crippen LogP contribution is 2.35. The van der Waals surface area contributed by atoms with Crippen LogP contribution in [0.25, 0.3) is 28.2 Å². The predicted octanol–water partition coefficient (Wildman–Crippen LogP) is 5.51. The van der Waals surface area contributed by atoms with Gasteiger partial charge >= 0.3 is 18.2 Å². The number of fused-ring (bicyclic) bond motifs is 1. The second kappa shape index (κ2) is 13.8. The number of aromatic nitrogens is 8. The number of hydrogen-bond donors (Lipinski definition) is 1. The van der Waals surface area contributed by atoms with Gasteiger partial charge in [0.25, 0.3) is 5.56 Å². The summed E-state index contributed by atoms with van der Waals surface area (Å²) in [7, 11) is 0. The number of halogens is 1. The molecule has 16 nitrogen and oxygen atoms in total. The normalized spacial score (nSPS) is 16.5. The smallest absolute Gasteiger partial charge is 0.464 e. The van der Waals surface area contributed by atoms with Gasteiger partial charge in [0, 0.05) is 40.9 Å². The second-order valence-corrected chi connectivity index (χ2v) is 13.1. The van der Waals surface area contributed by atoms with Gasteiger partial charge in [0.1, 0.15) is 29.0 Å². The summed E-state index contributed by atoms with van der Waals surface area (Å²) in [6.07, 6.45) is 4.49. The Balaban J connectivity index is 1.10. The Morgan fingerprint density at radius 1 is 1.08 bits per heavy atom. The second-order valence-electron chi connectivity index (χ2n) is 11.8. The molecule has 5 aromatic rings. The van der Waals surface area contributed by atoms with Gasteiger partial charge in [0.15, 0.2) is 0 Å². The summed E-state index contributed by atoms with van der Waals surface area (Å²) >= 11 is 7.32. The number of carbonyl (C=O) groups is 3. The summed E-state index contributed by atoms with van der Waals surface area (Å²) in [5, 5.41) is 23.6. The van der Waals surface area contributed by atoms with Crippen molar-refractivity contribution in [3.63, 3.8) is 0 Å². The van der Waals surface area contributed by atoms with Crippen LogP contribution in [0.15, 0.2) is 53.0 Å². The molecular formula is C32H29ClN8O8S. The quantitative estimate of drug-likeness (QED) is 0.156. The van der Waals surface area contributed by atoms with Crippen LogP contribution in [0.2, 0.25) is 5.02 Å². The third-order valence-corrected chi connectivity index (χ3v) is 9.68. The number of thiophene rings is 1. The molecule has 18 heteroatoms. The molecule has 4 aromatic heterocycles. The van der Waals surface area contributed by atoms with E-state index in [0.717, 1.165) is 48.0 Å². The van der Waals surface area contributed by atoms with Crippen LogP contribution in [0, 0.1) is 0 Å². The third-order valence-electron chi connectivity index (χ3n) is 8.53. The number of rotatable bonds is 8. The van der Waals surface area contributed by atoms with Gasteiger partial charge in [-0.1, -0.05) is 18.0 Å². The van der Waals surface area contributed by atoms with Gasteiger partial charge in [0.05, 0.1) is 29.3 Å². The highest BCUT2D eigenvalue weighted by atomic mass is 35.5. The first-order valence-corrected chi connectivity index (χ1v) is 17.1. The van der Waals surface area contributed by atoms with E-state index in [-0.39, 0.29) is 22.5 Å². The number of tetrazole rings is 1. The lowest BCUT2D eigenvalue weighted by atomic mass is 9.98. The minimum atomic E-state index is -1.32. The Bertz CT molecular complexity index is 2140. The summed E-state index contributed by atoms with van der Waals surface area (Å²) in [6, 6.07) is 7.15. The van der Waals surface area contributed by atoms with E-state index in [1.165, 1.54) is 40.8 Å². The number of aryl methyl sites for hydroxylation is 1. The summed E-state index contributed by atoms with van der Waals surface area (Å²) in [4.78, 5) is 60.6. The first kappa shape index (κ1) is 33.1. The van der Waals surface area contributed by atoms with Crippen LogP contribution < -0.4 is 5.56 Å². The fourth-order valence-electron chi connectivity index (χ4n) is 6.31. The van der Waals surface area contributed by atoms with Crippen LogP contribution in [-0.4, -0.2) is 75.0 Å². The summed E-state index contributed by atoms with van der Waals surface area (Å²) in [5.74, 6) is -0.197. The van der Waals surface area contributed by atoms with Crippen molar-refractivity contribution in [2.24, 2.45) is 0 Å². The summed E-state index contributed by atoms with van der Waals surface area (Å²) in [5.41, 5.74) is 1.64. The summed E-state index contributed by atoms with van der Waals surface area (Å²) in [6.45, 7) is 1.40. The van der Waals surface area contributed by atoms with Gasteiger partial charge in [-0.05, 0) is 66.8 Å². The number of ether oxygens (including phenoxy) is 3. The average Bonchev–Trinajstić information content (AvgIpc) is 3.91. The highest BCUT2D eigenvalue weighted by molar-refractivity contribution is 7.12. The minimum Gasteiger partial charge on any atom is -0.464 e. The maximum atomic E-state index is 13.6. The Kier molecular flexibility index (Phi) is 9.16. The van der Waals surface area contributed by atoms with Crippen molar-refractivity contribution in [3.8, 4) is 28.2 Å². The monoisotopic (exact) mass is 720 g/mol. The SMILES string of the molecule is CC(OC(=O)OC1CCCCC1)OC(=O)c1cc(-c2cnc([C@@H]3CCc4nc(-c5cc(Cl)ccc5-n5cnnn5)cc(=O)n43)n2C(=O)O)cs1. The lowest BCUT2D eigenvalue weighted by Gasteiger charge is -2.22. The first-order valence-electron chi connectivity index (χ1n) is 15.8. The van der Waals surface area contributed by atoms with Crippen LogP contribution in [0.3, 0.4) is 0 Å². The number of hydrogen-bond acceptors (Lipinski definition) is 13. The Morgan fingerprint density at radius 2 is 1.90 bits per heavy atom. The number of carboxylic acid groups (broad SMARTS) is 1. The lowest BCUT2D eigenvalue weighted by Crippen LogP contribution is -2.27. The van der Waals surface area contributed by atoms with Crippen LogP contribution in [0.4, 0.5) is 9.59 Å². The molecule has 0 radical (unpaired) electrons. The van der Waals surface area contributed by atoms with E-state index >= 15 is 0 Å². The molecule has 0 bridgehead atoms. The number of imidazole rings is 1. The van der Waals surface area contributed by atoms with Gasteiger partial charge < -0.3 is 19.3 Å². The van der Waals surface area contributed by atoms with Gasteiger partial charge in [-0.3, -0.25) is 9.36 Å². The van der Waals surface area contributed by atoms with Gasteiger partial charge in [-0.2, -0.15) is 4.68 Å². The molecule has 1 aliphatic carbocycles. The fraction of sp³-hybridized carbons (Fsp3) is 0.344. The number of carbonyl (C=O) groups excluding carboxylic acids is 2. The Morgan fingerprint density at radius 3 is 2.66 bits per heavy atom. The fourth-order valence-corrected chi connectivity index (χ4v) is 7.26. The molecule has 5 heterocycles. The number of nitrogens with zero attached hydrogens (tertiary/aromatic N) is 8. The molecule has 7 rings (SSSR count). The highest BCUT2D eigenvalue weighted by Gasteiger charge is 2.33. The van der Waals surface area contributed by atoms with Crippen LogP contribution in [0.1, 0.15) is 72.8 Å². The van der Waals surface area contributed by atoms with Gasteiger partial charge in [0.2, 0.25) is 6.29 Å². The topological polar surface area (TPSA) is 195 Å². The summed E-state index contributed by atoms with van der Waals surface area (Å²) < 4.78 is 19.6. The number of esters is 1. The van der Waals surface area contributed by atoms with Crippen molar-refractivity contribution in [1.82, 2.24) is 39.3 Å². The van der Waals surface area contributed by atoms with Gasteiger partial charge in [-0.15, -0.1) is 16.4 Å². The van der Waals surface area contributed by atoms with Crippen molar-refractivity contribution in [3.05, 3.63) is 80.1 Å². The molecule has 1 N–H and O–H groups in total.